The predicted molar refractivity (Wildman–Crippen MR) is 110 cm³/mol. The quantitative estimate of drug-likeness (QED) is 0.680. The van der Waals surface area contributed by atoms with Gasteiger partial charge in [-0.2, -0.15) is 5.26 Å². The van der Waals surface area contributed by atoms with Crippen molar-refractivity contribution in [2.75, 3.05) is 34.2 Å². The normalized spacial score (nSPS) is 10.2. The third-order valence-electron chi connectivity index (χ3n) is 4.50. The van der Waals surface area contributed by atoms with Crippen LogP contribution in [0.4, 0.5) is 5.82 Å². The minimum absolute atomic E-state index is 0.136. The lowest BCUT2D eigenvalue weighted by Crippen LogP contribution is -2.01. The maximum atomic E-state index is 9.68. The van der Waals surface area contributed by atoms with Gasteiger partial charge in [-0.15, -0.1) is 0 Å². The standard InChI is InChI=1S/C22H21N3O4/c1-26-15-7-5-6-13(8-15)18-11-16(17(12-23)22(24)25-18)14-9-19(27-2)21(29-4)20(10-14)28-3/h5-11H,1-4H3,(H2,24,25). The van der Waals surface area contributed by atoms with E-state index in [9.17, 15) is 5.26 Å². The Morgan fingerprint density at radius 2 is 1.55 bits per heavy atom. The van der Waals surface area contributed by atoms with Crippen LogP contribution >= 0.6 is 0 Å². The average Bonchev–Trinajstić information content (AvgIpc) is 2.77. The number of benzene rings is 2. The molecule has 7 heteroatoms. The predicted octanol–water partition coefficient (Wildman–Crippen LogP) is 3.90. The van der Waals surface area contributed by atoms with Crippen LogP contribution in [0.5, 0.6) is 23.0 Å². The minimum atomic E-state index is 0.136. The average molecular weight is 391 g/mol. The molecule has 0 aliphatic carbocycles. The molecular formula is C22H21N3O4. The first-order valence-electron chi connectivity index (χ1n) is 8.71. The number of nitriles is 1. The van der Waals surface area contributed by atoms with Crippen LogP contribution in [0.15, 0.2) is 42.5 Å². The SMILES string of the molecule is COc1cccc(-c2cc(-c3cc(OC)c(OC)c(OC)c3)c(C#N)c(N)n2)c1. The van der Waals surface area contributed by atoms with Crippen LogP contribution in [0.25, 0.3) is 22.4 Å². The summed E-state index contributed by atoms with van der Waals surface area (Å²) in [6, 6.07) is 15.0. The Morgan fingerprint density at radius 3 is 2.10 bits per heavy atom. The molecular weight excluding hydrogens is 370 g/mol. The summed E-state index contributed by atoms with van der Waals surface area (Å²) in [5, 5.41) is 9.68. The first-order chi connectivity index (χ1) is 14.1. The number of aromatic nitrogens is 1. The number of ether oxygens (including phenoxy) is 4. The van der Waals surface area contributed by atoms with E-state index < -0.39 is 0 Å². The van der Waals surface area contributed by atoms with Gasteiger partial charge in [0.2, 0.25) is 5.75 Å². The first-order valence-corrected chi connectivity index (χ1v) is 8.71. The lowest BCUT2D eigenvalue weighted by atomic mass is 9.97. The number of hydrogen-bond donors (Lipinski definition) is 1. The molecule has 0 atom stereocenters. The lowest BCUT2D eigenvalue weighted by Gasteiger charge is -2.16. The highest BCUT2D eigenvalue weighted by atomic mass is 16.5. The number of rotatable bonds is 6. The van der Waals surface area contributed by atoms with Crippen molar-refractivity contribution in [3.63, 3.8) is 0 Å². The van der Waals surface area contributed by atoms with E-state index in [2.05, 4.69) is 11.1 Å². The van der Waals surface area contributed by atoms with Crippen molar-refractivity contribution < 1.29 is 18.9 Å². The van der Waals surface area contributed by atoms with Gasteiger partial charge in [-0.3, -0.25) is 0 Å². The molecule has 0 saturated heterocycles. The third kappa shape index (κ3) is 3.73. The van der Waals surface area contributed by atoms with Crippen LogP contribution in [0, 0.1) is 11.3 Å². The van der Waals surface area contributed by atoms with Crippen molar-refractivity contribution in [2.24, 2.45) is 0 Å². The van der Waals surface area contributed by atoms with E-state index in [4.69, 9.17) is 24.7 Å². The molecule has 148 valence electrons. The Labute approximate surface area is 169 Å². The van der Waals surface area contributed by atoms with Gasteiger partial charge in [0.1, 0.15) is 23.2 Å². The highest BCUT2D eigenvalue weighted by Gasteiger charge is 2.19. The van der Waals surface area contributed by atoms with Crippen molar-refractivity contribution in [1.82, 2.24) is 4.98 Å². The summed E-state index contributed by atoms with van der Waals surface area (Å²) in [4.78, 5) is 4.41. The molecule has 1 aromatic heterocycles. The summed E-state index contributed by atoms with van der Waals surface area (Å²) in [6.07, 6.45) is 0. The summed E-state index contributed by atoms with van der Waals surface area (Å²) in [7, 11) is 6.21. The van der Waals surface area contributed by atoms with Gasteiger partial charge in [0.15, 0.2) is 11.5 Å². The molecule has 2 aromatic carbocycles. The summed E-state index contributed by atoms with van der Waals surface area (Å²) in [6.45, 7) is 0. The number of methoxy groups -OCH3 is 4. The maximum Gasteiger partial charge on any atom is 0.203 e. The van der Waals surface area contributed by atoms with Crippen LogP contribution in [-0.2, 0) is 0 Å². The Balaban J connectivity index is 2.26. The topological polar surface area (TPSA) is 99.6 Å². The van der Waals surface area contributed by atoms with Crippen LogP contribution in [-0.4, -0.2) is 33.4 Å². The fourth-order valence-corrected chi connectivity index (χ4v) is 3.08. The number of anilines is 1. The van der Waals surface area contributed by atoms with Crippen LogP contribution in [0.1, 0.15) is 5.56 Å². The molecule has 29 heavy (non-hydrogen) atoms. The monoisotopic (exact) mass is 391 g/mol. The molecule has 0 bridgehead atoms. The van der Waals surface area contributed by atoms with Crippen molar-refractivity contribution in [3.05, 3.63) is 48.0 Å². The smallest absolute Gasteiger partial charge is 0.203 e. The molecule has 2 N–H and O–H groups in total. The largest absolute Gasteiger partial charge is 0.497 e. The summed E-state index contributed by atoms with van der Waals surface area (Å²) < 4.78 is 21.6. The van der Waals surface area contributed by atoms with E-state index in [-0.39, 0.29) is 11.4 Å². The molecule has 0 radical (unpaired) electrons. The summed E-state index contributed by atoms with van der Waals surface area (Å²) >= 11 is 0. The van der Waals surface area contributed by atoms with E-state index in [1.54, 1.807) is 19.2 Å². The zero-order valence-electron chi connectivity index (χ0n) is 16.6. The fourth-order valence-electron chi connectivity index (χ4n) is 3.08. The van der Waals surface area contributed by atoms with Crippen molar-refractivity contribution in [3.8, 4) is 51.5 Å². The molecule has 0 fully saturated rings. The van der Waals surface area contributed by atoms with Crippen LogP contribution < -0.4 is 24.7 Å². The van der Waals surface area contributed by atoms with Gasteiger partial charge in [0.05, 0.1) is 34.1 Å². The molecule has 0 amide bonds. The minimum Gasteiger partial charge on any atom is -0.497 e. The van der Waals surface area contributed by atoms with Gasteiger partial charge in [-0.25, -0.2) is 4.98 Å². The highest BCUT2D eigenvalue weighted by molar-refractivity contribution is 5.82. The zero-order chi connectivity index (χ0) is 21.0. The molecule has 0 aliphatic rings. The lowest BCUT2D eigenvalue weighted by molar-refractivity contribution is 0.324. The van der Waals surface area contributed by atoms with Crippen molar-refractivity contribution >= 4 is 5.82 Å². The maximum absolute atomic E-state index is 9.68. The van der Waals surface area contributed by atoms with Gasteiger partial charge < -0.3 is 24.7 Å². The first kappa shape index (κ1) is 19.8. The van der Waals surface area contributed by atoms with E-state index in [1.807, 2.05) is 30.3 Å². The molecule has 0 saturated carbocycles. The Hall–Kier alpha value is -3.92. The van der Waals surface area contributed by atoms with Gasteiger partial charge >= 0.3 is 0 Å². The number of nitrogen functional groups attached to an aromatic ring is 1. The second-order valence-electron chi connectivity index (χ2n) is 6.07. The third-order valence-corrected chi connectivity index (χ3v) is 4.50. The molecule has 0 spiro atoms. The van der Waals surface area contributed by atoms with E-state index in [1.165, 1.54) is 21.3 Å². The Bertz CT molecular complexity index is 1060. The van der Waals surface area contributed by atoms with Crippen LogP contribution in [0.2, 0.25) is 0 Å². The molecule has 1 heterocycles. The Kier molecular flexibility index (Phi) is 5.74. The second-order valence-corrected chi connectivity index (χ2v) is 6.07. The Morgan fingerprint density at radius 1 is 0.862 bits per heavy atom. The van der Waals surface area contributed by atoms with E-state index in [0.29, 0.717) is 39.8 Å². The molecule has 0 unspecified atom stereocenters. The van der Waals surface area contributed by atoms with Crippen molar-refractivity contribution in [1.29, 1.82) is 5.26 Å². The van der Waals surface area contributed by atoms with E-state index in [0.717, 1.165) is 5.56 Å². The molecule has 3 rings (SSSR count). The van der Waals surface area contributed by atoms with E-state index >= 15 is 0 Å². The highest BCUT2D eigenvalue weighted by Crippen LogP contribution is 2.43. The number of nitrogens with zero attached hydrogens (tertiary/aromatic N) is 2. The van der Waals surface area contributed by atoms with Gasteiger partial charge in [0, 0.05) is 11.1 Å². The van der Waals surface area contributed by atoms with Gasteiger partial charge in [-0.05, 0) is 35.9 Å². The van der Waals surface area contributed by atoms with Crippen molar-refractivity contribution in [2.45, 2.75) is 0 Å². The molecule has 3 aromatic rings. The molecule has 7 nitrogen and oxygen atoms in total. The van der Waals surface area contributed by atoms with Gasteiger partial charge in [-0.1, -0.05) is 12.1 Å². The van der Waals surface area contributed by atoms with Crippen LogP contribution in [0.3, 0.4) is 0 Å². The summed E-state index contributed by atoms with van der Waals surface area (Å²) in [5.74, 6) is 2.25. The fraction of sp³-hybridized carbons (Fsp3) is 0.182. The van der Waals surface area contributed by atoms with Gasteiger partial charge in [0.25, 0.3) is 0 Å². The molecule has 0 aliphatic heterocycles. The second kappa shape index (κ2) is 8.40. The number of nitrogens with two attached hydrogens (primary N) is 1. The zero-order valence-corrected chi connectivity index (χ0v) is 16.6. The number of pyridine rings is 1. The number of hydrogen-bond acceptors (Lipinski definition) is 7. The summed E-state index contributed by atoms with van der Waals surface area (Å²) in [5.41, 5.74) is 9.12.